The molecule has 5 nitrogen and oxygen atoms in total. The summed E-state index contributed by atoms with van der Waals surface area (Å²) in [5.41, 5.74) is -0.452. The van der Waals surface area contributed by atoms with Crippen molar-refractivity contribution in [3.63, 3.8) is 0 Å². The molecule has 2 unspecified atom stereocenters. The Bertz CT molecular complexity index is 235. The first kappa shape index (κ1) is 11.3. The molecule has 0 aromatic carbocycles. The molecule has 0 spiro atoms. The first-order valence-corrected chi connectivity index (χ1v) is 6.98. The summed E-state index contributed by atoms with van der Waals surface area (Å²) in [4.78, 5) is 17.7. The van der Waals surface area contributed by atoms with Crippen molar-refractivity contribution in [2.75, 3.05) is 0 Å². The number of hydrogen-bond acceptors (Lipinski definition) is 3. The van der Waals surface area contributed by atoms with Gasteiger partial charge in [-0.05, 0) is 17.2 Å². The second kappa shape index (κ2) is 4.63. The lowest BCUT2D eigenvalue weighted by Gasteiger charge is -2.21. The smallest absolute Gasteiger partial charge is 0.322 e. The van der Waals surface area contributed by atoms with Gasteiger partial charge in [0.25, 0.3) is 0 Å². The lowest BCUT2D eigenvalue weighted by atomic mass is 10.0. The lowest BCUT2D eigenvalue weighted by Crippen LogP contribution is -2.13. The van der Waals surface area contributed by atoms with Crippen molar-refractivity contribution < 1.29 is 23.2 Å². The van der Waals surface area contributed by atoms with E-state index in [1.165, 1.54) is 0 Å². The third-order valence-corrected chi connectivity index (χ3v) is 5.16. The Morgan fingerprint density at radius 1 is 1.31 bits per heavy atom. The molecule has 2 N–H and O–H groups in total. The highest BCUT2D eigenvalue weighted by Crippen LogP contribution is 2.57. The van der Waals surface area contributed by atoms with E-state index in [1.807, 2.05) is 0 Å². The van der Waals surface area contributed by atoms with Crippen molar-refractivity contribution >= 4 is 15.9 Å². The van der Waals surface area contributed by atoms with Gasteiger partial charge in [0.1, 0.15) is 0 Å². The van der Waals surface area contributed by atoms with E-state index in [0.717, 1.165) is 19.3 Å². The molecule has 0 aromatic heterocycles. The molecule has 76 valence electrons. The monoisotopic (exact) mass is 227 g/mol. The second-order valence-corrected chi connectivity index (χ2v) is 6.16. The fourth-order valence-corrected chi connectivity index (χ4v) is 3.93. The summed E-state index contributed by atoms with van der Waals surface area (Å²) in [5, 5.41) is 0. The highest BCUT2D eigenvalue weighted by molar-refractivity contribution is 7.60. The van der Waals surface area contributed by atoms with E-state index in [4.69, 9.17) is 4.89 Å². The highest BCUT2D eigenvalue weighted by atomic mass is 31.2. The van der Waals surface area contributed by atoms with Gasteiger partial charge in [-0.3, -0.25) is 4.57 Å². The van der Waals surface area contributed by atoms with Gasteiger partial charge in [-0.2, -0.15) is 0 Å². The van der Waals surface area contributed by atoms with Crippen LogP contribution in [0.25, 0.3) is 0 Å². The molecule has 0 saturated heterocycles. The Morgan fingerprint density at radius 3 is 2.31 bits per heavy atom. The molecule has 1 aliphatic rings. The summed E-state index contributed by atoms with van der Waals surface area (Å²) in [5.74, 6) is 0. The first-order chi connectivity index (χ1) is 6.02. The maximum absolute atomic E-state index is 11.4. The predicted octanol–water partition coefficient (Wildman–Crippen LogP) is 2.17. The van der Waals surface area contributed by atoms with Crippen LogP contribution in [0.2, 0.25) is 0 Å². The van der Waals surface area contributed by atoms with E-state index in [2.05, 4.69) is 4.31 Å². The maximum Gasteiger partial charge on any atom is 0.703 e. The zero-order valence-corrected chi connectivity index (χ0v) is 8.92. The van der Waals surface area contributed by atoms with E-state index < -0.39 is 21.5 Å². The van der Waals surface area contributed by atoms with Crippen molar-refractivity contribution in [3.8, 4) is 0 Å². The Kier molecular flexibility index (Phi) is 4.02. The molecule has 7 heteroatoms. The van der Waals surface area contributed by atoms with E-state index in [-0.39, 0.29) is 0 Å². The predicted molar refractivity (Wildman–Crippen MR) is 47.6 cm³/mol. The SMILES string of the molecule is O=[P+](O)OP(=O)(O)C1CCCCC1. The zero-order valence-electron chi connectivity index (χ0n) is 7.13. The molecule has 2 atom stereocenters. The van der Waals surface area contributed by atoms with Crippen LogP contribution in [0.3, 0.4) is 0 Å². The molecular formula is C6H13O5P2+. The third kappa shape index (κ3) is 3.45. The minimum atomic E-state index is -3.86. The van der Waals surface area contributed by atoms with Gasteiger partial charge in [0.05, 0.1) is 5.66 Å². The van der Waals surface area contributed by atoms with Crippen LogP contribution in [0.15, 0.2) is 0 Å². The van der Waals surface area contributed by atoms with Gasteiger partial charge in [0.15, 0.2) is 0 Å². The summed E-state index contributed by atoms with van der Waals surface area (Å²) in [6.07, 6.45) is 4.05. The van der Waals surface area contributed by atoms with Crippen molar-refractivity contribution in [1.29, 1.82) is 0 Å². The fourth-order valence-electron chi connectivity index (χ4n) is 1.57. The van der Waals surface area contributed by atoms with Crippen molar-refractivity contribution in [3.05, 3.63) is 0 Å². The Hall–Kier alpha value is 0.210. The molecule has 1 saturated carbocycles. The van der Waals surface area contributed by atoms with E-state index >= 15 is 0 Å². The molecule has 0 radical (unpaired) electrons. The second-order valence-electron chi connectivity index (χ2n) is 3.18. The van der Waals surface area contributed by atoms with Gasteiger partial charge in [-0.1, -0.05) is 19.3 Å². The van der Waals surface area contributed by atoms with E-state index in [9.17, 15) is 14.0 Å². The quantitative estimate of drug-likeness (QED) is 0.721. The Labute approximate surface area is 77.6 Å². The number of rotatable bonds is 3. The Morgan fingerprint density at radius 2 is 1.85 bits per heavy atom. The molecular weight excluding hydrogens is 214 g/mol. The minimum absolute atomic E-state index is 0.452. The Balaban J connectivity index is 2.56. The summed E-state index contributed by atoms with van der Waals surface area (Å²) in [6.45, 7) is 0. The van der Waals surface area contributed by atoms with Gasteiger partial charge in [-0.25, -0.2) is 0 Å². The standard InChI is InChI=1S/C6H12O5P2/c7-12(8)11-13(9,10)6-4-2-1-3-5-6/h6H,1-5H2,(H-,7,8,9,10)/p+1. The average Bonchev–Trinajstić information content (AvgIpc) is 2.04. The van der Waals surface area contributed by atoms with Gasteiger partial charge < -0.3 is 4.89 Å². The van der Waals surface area contributed by atoms with Crippen LogP contribution < -0.4 is 0 Å². The van der Waals surface area contributed by atoms with Crippen LogP contribution in [-0.2, 0) is 13.4 Å². The van der Waals surface area contributed by atoms with Crippen molar-refractivity contribution in [2.45, 2.75) is 37.8 Å². The number of hydrogen-bond donors (Lipinski definition) is 2. The maximum atomic E-state index is 11.4. The molecule has 13 heavy (non-hydrogen) atoms. The summed E-state index contributed by atoms with van der Waals surface area (Å²) in [7, 11) is -6.83. The lowest BCUT2D eigenvalue weighted by molar-refractivity contribution is 0.325. The summed E-state index contributed by atoms with van der Waals surface area (Å²) in [6, 6.07) is 0. The highest BCUT2D eigenvalue weighted by Gasteiger charge is 2.41. The third-order valence-electron chi connectivity index (χ3n) is 2.22. The molecule has 1 fully saturated rings. The minimum Gasteiger partial charge on any atom is -0.322 e. The largest absolute Gasteiger partial charge is 0.703 e. The summed E-state index contributed by atoms with van der Waals surface area (Å²) < 4.78 is 25.8. The van der Waals surface area contributed by atoms with Crippen LogP contribution in [-0.4, -0.2) is 15.4 Å². The van der Waals surface area contributed by atoms with E-state index in [1.54, 1.807) is 0 Å². The molecule has 0 aliphatic heterocycles. The first-order valence-electron chi connectivity index (χ1n) is 4.20. The van der Waals surface area contributed by atoms with E-state index in [0.29, 0.717) is 12.8 Å². The van der Waals surface area contributed by atoms with Crippen LogP contribution in [0.5, 0.6) is 0 Å². The normalized spacial score (nSPS) is 25.2. The summed E-state index contributed by atoms with van der Waals surface area (Å²) >= 11 is 0. The molecule has 0 heterocycles. The van der Waals surface area contributed by atoms with Gasteiger partial charge in [-0.15, -0.1) is 4.89 Å². The molecule has 0 aromatic rings. The molecule has 1 rings (SSSR count). The topological polar surface area (TPSA) is 83.8 Å². The fraction of sp³-hybridized carbons (Fsp3) is 1.00. The average molecular weight is 227 g/mol. The van der Waals surface area contributed by atoms with Crippen molar-refractivity contribution in [1.82, 2.24) is 0 Å². The van der Waals surface area contributed by atoms with Gasteiger partial charge in [0, 0.05) is 4.57 Å². The molecule has 0 amide bonds. The van der Waals surface area contributed by atoms with Crippen LogP contribution in [0, 0.1) is 0 Å². The van der Waals surface area contributed by atoms with Gasteiger partial charge in [0.2, 0.25) is 0 Å². The van der Waals surface area contributed by atoms with Crippen molar-refractivity contribution in [2.24, 2.45) is 0 Å². The zero-order chi connectivity index (χ0) is 9.90. The molecule has 1 aliphatic carbocycles. The molecule has 0 bridgehead atoms. The van der Waals surface area contributed by atoms with Crippen LogP contribution in [0.1, 0.15) is 32.1 Å². The van der Waals surface area contributed by atoms with Crippen LogP contribution >= 0.6 is 15.9 Å². The van der Waals surface area contributed by atoms with Gasteiger partial charge >= 0.3 is 15.9 Å². The van der Waals surface area contributed by atoms with Crippen LogP contribution in [0.4, 0.5) is 0 Å².